The fourth-order valence-corrected chi connectivity index (χ4v) is 8.11. The molecule has 2 bridgehead atoms. The number of hydrogen-bond donors (Lipinski definition) is 3. The molecule has 1 aromatic rings. The van der Waals surface area contributed by atoms with Crippen molar-refractivity contribution in [1.82, 2.24) is 10.2 Å². The number of nitrogens with zero attached hydrogens (tertiary/aromatic N) is 1. The minimum absolute atomic E-state index is 0.0316. The van der Waals surface area contributed by atoms with Crippen LogP contribution in [0.15, 0.2) is 18.2 Å². The number of aliphatic hydroxyl groups is 1. The number of anilines is 1. The minimum Gasteiger partial charge on any atom is -0.394 e. The van der Waals surface area contributed by atoms with Crippen LogP contribution in [0.25, 0.3) is 0 Å². The Morgan fingerprint density at radius 2 is 2.00 bits per heavy atom. The Morgan fingerprint density at radius 1 is 1.28 bits per heavy atom. The van der Waals surface area contributed by atoms with Gasteiger partial charge in [-0.1, -0.05) is 26.0 Å². The quantitative estimate of drug-likeness (QED) is 0.605. The molecule has 3 heterocycles. The van der Waals surface area contributed by atoms with Gasteiger partial charge in [0.2, 0.25) is 17.7 Å². The molecule has 3 amide bonds. The van der Waals surface area contributed by atoms with E-state index in [1.165, 1.54) is 0 Å². The lowest BCUT2D eigenvalue weighted by Gasteiger charge is -2.38. The molecule has 3 N–H and O–H groups in total. The average molecular weight is 460 g/mol. The number of carbonyl (C=O) groups is 3. The topological polar surface area (TPSA) is 98.7 Å². The second kappa shape index (κ2) is 8.37. The van der Waals surface area contributed by atoms with Gasteiger partial charge in [-0.05, 0) is 49.8 Å². The van der Waals surface area contributed by atoms with Crippen LogP contribution in [0, 0.1) is 31.6 Å². The molecule has 1 aromatic carbocycles. The molecule has 1 spiro atoms. The van der Waals surface area contributed by atoms with Crippen molar-refractivity contribution in [3.63, 3.8) is 0 Å². The number of likely N-dealkylation sites (tertiary alicyclic amines) is 1. The first-order valence-electron chi connectivity index (χ1n) is 11.4. The number of benzene rings is 1. The molecule has 2 unspecified atom stereocenters. The van der Waals surface area contributed by atoms with Crippen molar-refractivity contribution in [2.45, 2.75) is 62.6 Å². The first-order chi connectivity index (χ1) is 15.2. The third-order valence-corrected chi connectivity index (χ3v) is 9.45. The van der Waals surface area contributed by atoms with E-state index in [-0.39, 0.29) is 35.5 Å². The van der Waals surface area contributed by atoms with Crippen LogP contribution in [0.1, 0.15) is 37.8 Å². The number of rotatable bonds is 6. The van der Waals surface area contributed by atoms with Crippen molar-refractivity contribution in [3.05, 3.63) is 29.3 Å². The van der Waals surface area contributed by atoms with Crippen LogP contribution in [0.5, 0.6) is 0 Å². The summed E-state index contributed by atoms with van der Waals surface area (Å²) in [6.45, 7) is 7.58. The third-order valence-electron chi connectivity index (χ3n) is 7.50. The molecular formula is C24H33N3O4S. The molecule has 8 heteroatoms. The van der Waals surface area contributed by atoms with Crippen molar-refractivity contribution < 1.29 is 19.5 Å². The van der Waals surface area contributed by atoms with Crippen molar-refractivity contribution >= 4 is 35.2 Å². The van der Waals surface area contributed by atoms with E-state index in [1.807, 2.05) is 45.9 Å². The lowest BCUT2D eigenvalue weighted by atomic mass is 9.70. The molecule has 32 heavy (non-hydrogen) atoms. The Morgan fingerprint density at radius 3 is 2.62 bits per heavy atom. The standard InChI is InChI=1S/C24H33N3O4S/c1-12(2)16(11-28)27-20(22(30)26-15-10-13(3)6-7-14(15)4)24-9-8-17(32-24)18(21(29)25-5)19(24)23(27)31/h6-7,10,12,16-20,28H,8-9,11H2,1-5H3,(H,25,29)(H,26,30)/t16-,17-,18+,19-,20?,24?/m0/s1. The van der Waals surface area contributed by atoms with Crippen LogP contribution in [0.4, 0.5) is 5.69 Å². The molecular weight excluding hydrogens is 426 g/mol. The van der Waals surface area contributed by atoms with E-state index in [1.54, 1.807) is 23.7 Å². The number of thioether (sulfide) groups is 1. The van der Waals surface area contributed by atoms with Gasteiger partial charge in [0.05, 0.1) is 29.2 Å². The molecule has 3 saturated heterocycles. The zero-order chi connectivity index (χ0) is 23.4. The van der Waals surface area contributed by atoms with Gasteiger partial charge in [0.15, 0.2) is 0 Å². The fourth-order valence-electron chi connectivity index (χ4n) is 5.91. The fraction of sp³-hybridized carbons (Fsp3) is 0.625. The average Bonchev–Trinajstić information content (AvgIpc) is 3.38. The minimum atomic E-state index is -0.732. The normalized spacial score (nSPS) is 31.7. The van der Waals surface area contributed by atoms with E-state index in [9.17, 15) is 19.5 Å². The molecule has 0 aliphatic carbocycles. The van der Waals surface area contributed by atoms with E-state index in [0.717, 1.165) is 23.2 Å². The molecule has 4 rings (SSSR count). The third kappa shape index (κ3) is 3.34. The highest BCUT2D eigenvalue weighted by atomic mass is 32.2. The predicted molar refractivity (Wildman–Crippen MR) is 125 cm³/mol. The van der Waals surface area contributed by atoms with E-state index in [2.05, 4.69) is 10.6 Å². The summed E-state index contributed by atoms with van der Waals surface area (Å²) in [4.78, 5) is 42.1. The summed E-state index contributed by atoms with van der Waals surface area (Å²) in [7, 11) is 1.60. The maximum absolute atomic E-state index is 13.8. The summed E-state index contributed by atoms with van der Waals surface area (Å²) < 4.78 is -0.650. The second-order valence-corrected chi connectivity index (χ2v) is 11.3. The maximum atomic E-state index is 13.8. The lowest BCUT2D eigenvalue weighted by molar-refractivity contribution is -0.142. The molecule has 3 aliphatic rings. The molecule has 6 atom stereocenters. The van der Waals surface area contributed by atoms with Gasteiger partial charge in [-0.2, -0.15) is 0 Å². The van der Waals surface area contributed by atoms with Crippen LogP contribution in [-0.2, 0) is 14.4 Å². The SMILES string of the molecule is CNC(=O)[C@@H]1[C@@H]2CCC3(S2)C(C(=O)Nc2cc(C)ccc2C)N([C@@H](CO)C(C)C)C(=O)[C@H]13. The summed E-state index contributed by atoms with van der Waals surface area (Å²) in [5, 5.41) is 16.0. The largest absolute Gasteiger partial charge is 0.394 e. The van der Waals surface area contributed by atoms with Crippen LogP contribution in [0.2, 0.25) is 0 Å². The number of nitrogens with one attached hydrogen (secondary N) is 2. The van der Waals surface area contributed by atoms with Crippen molar-refractivity contribution in [2.24, 2.45) is 17.8 Å². The Kier molecular flexibility index (Phi) is 6.05. The number of carbonyl (C=O) groups excluding carboxylic acids is 3. The smallest absolute Gasteiger partial charge is 0.248 e. The van der Waals surface area contributed by atoms with Gasteiger partial charge in [0.1, 0.15) is 6.04 Å². The number of aryl methyl sites for hydroxylation is 2. The van der Waals surface area contributed by atoms with Gasteiger partial charge in [-0.3, -0.25) is 14.4 Å². The first kappa shape index (κ1) is 23.1. The molecule has 0 radical (unpaired) electrons. The van der Waals surface area contributed by atoms with E-state index < -0.39 is 28.7 Å². The number of hydrogen-bond acceptors (Lipinski definition) is 5. The van der Waals surface area contributed by atoms with Crippen molar-refractivity contribution in [2.75, 3.05) is 19.0 Å². The van der Waals surface area contributed by atoms with Crippen LogP contribution >= 0.6 is 11.8 Å². The van der Waals surface area contributed by atoms with Crippen LogP contribution in [-0.4, -0.2) is 63.5 Å². The van der Waals surface area contributed by atoms with Crippen LogP contribution < -0.4 is 10.6 Å². The molecule has 0 saturated carbocycles. The Labute approximate surface area is 193 Å². The molecule has 3 aliphatic heterocycles. The van der Waals surface area contributed by atoms with Gasteiger partial charge in [0, 0.05) is 18.0 Å². The number of amides is 3. The number of aliphatic hydroxyl groups excluding tert-OH is 1. The van der Waals surface area contributed by atoms with Gasteiger partial charge in [0.25, 0.3) is 0 Å². The summed E-state index contributed by atoms with van der Waals surface area (Å²) in [5.74, 6) is -1.58. The Hall–Kier alpha value is -2.06. The maximum Gasteiger partial charge on any atom is 0.248 e. The number of fused-ring (bicyclic) bond motifs is 1. The predicted octanol–water partition coefficient (Wildman–Crippen LogP) is 2.10. The highest BCUT2D eigenvalue weighted by molar-refractivity contribution is 8.02. The van der Waals surface area contributed by atoms with Gasteiger partial charge >= 0.3 is 0 Å². The zero-order valence-corrected chi connectivity index (χ0v) is 20.2. The highest BCUT2D eigenvalue weighted by Gasteiger charge is 2.74. The molecule has 7 nitrogen and oxygen atoms in total. The Balaban J connectivity index is 1.78. The van der Waals surface area contributed by atoms with E-state index in [0.29, 0.717) is 6.42 Å². The summed E-state index contributed by atoms with van der Waals surface area (Å²) in [5.41, 5.74) is 2.71. The molecule has 174 valence electrons. The summed E-state index contributed by atoms with van der Waals surface area (Å²) in [6, 6.07) is 4.67. The van der Waals surface area contributed by atoms with Gasteiger partial charge in [-0.25, -0.2) is 0 Å². The van der Waals surface area contributed by atoms with E-state index in [4.69, 9.17) is 0 Å². The van der Waals surface area contributed by atoms with Gasteiger partial charge < -0.3 is 20.6 Å². The lowest BCUT2D eigenvalue weighted by Crippen LogP contribution is -2.56. The summed E-state index contributed by atoms with van der Waals surface area (Å²) in [6.07, 6.45) is 1.52. The van der Waals surface area contributed by atoms with Gasteiger partial charge in [-0.15, -0.1) is 11.8 Å². The second-order valence-electron chi connectivity index (χ2n) is 9.72. The highest BCUT2D eigenvalue weighted by Crippen LogP contribution is 2.66. The van der Waals surface area contributed by atoms with Crippen LogP contribution in [0.3, 0.4) is 0 Å². The van der Waals surface area contributed by atoms with E-state index >= 15 is 0 Å². The molecule has 0 aromatic heterocycles. The monoisotopic (exact) mass is 459 g/mol. The van der Waals surface area contributed by atoms with Crippen molar-refractivity contribution in [1.29, 1.82) is 0 Å². The van der Waals surface area contributed by atoms with Crippen molar-refractivity contribution in [3.8, 4) is 0 Å². The Bertz CT molecular complexity index is 951. The first-order valence-corrected chi connectivity index (χ1v) is 12.2. The zero-order valence-electron chi connectivity index (χ0n) is 19.3. The summed E-state index contributed by atoms with van der Waals surface area (Å²) >= 11 is 1.64. The molecule has 3 fully saturated rings.